The lowest BCUT2D eigenvalue weighted by molar-refractivity contribution is 0.0286. The van der Waals surface area contributed by atoms with Crippen LogP contribution in [-0.4, -0.2) is 51.5 Å². The number of aromatic nitrogens is 2. The van der Waals surface area contributed by atoms with Gasteiger partial charge < -0.3 is 10.4 Å². The second-order valence-electron chi connectivity index (χ2n) is 6.81. The van der Waals surface area contributed by atoms with Crippen molar-refractivity contribution in [2.24, 2.45) is 0 Å². The van der Waals surface area contributed by atoms with Gasteiger partial charge in [-0.25, -0.2) is 0 Å². The first-order chi connectivity index (χ1) is 10.5. The van der Waals surface area contributed by atoms with Gasteiger partial charge in [0.15, 0.2) is 5.82 Å². The van der Waals surface area contributed by atoms with E-state index in [4.69, 9.17) is 0 Å². The second-order valence-corrected chi connectivity index (χ2v) is 6.81. The van der Waals surface area contributed by atoms with Crippen molar-refractivity contribution in [3.8, 4) is 0 Å². The Morgan fingerprint density at radius 2 is 2.18 bits per heavy atom. The zero-order valence-electron chi connectivity index (χ0n) is 13.3. The number of fused-ring (bicyclic) bond motifs is 1. The molecule has 1 unspecified atom stereocenters. The number of piperidine rings is 1. The quantitative estimate of drug-likeness (QED) is 0.907. The summed E-state index contributed by atoms with van der Waals surface area (Å²) in [4.78, 5) is 2.32. The van der Waals surface area contributed by atoms with Gasteiger partial charge in [-0.05, 0) is 33.2 Å². The summed E-state index contributed by atoms with van der Waals surface area (Å²) in [6, 6.07) is 8.51. The van der Waals surface area contributed by atoms with Crippen LogP contribution in [0.4, 0.5) is 5.82 Å². The van der Waals surface area contributed by atoms with E-state index in [2.05, 4.69) is 32.5 Å². The van der Waals surface area contributed by atoms with Gasteiger partial charge in [0.25, 0.3) is 0 Å². The van der Waals surface area contributed by atoms with Gasteiger partial charge >= 0.3 is 0 Å². The number of benzene rings is 1. The monoisotopic (exact) mass is 300 g/mol. The molecule has 5 nitrogen and oxygen atoms in total. The number of β-amino-alcohol motifs (C(OH)–C–C–N with tert-alkyl or cyclic N) is 1. The highest BCUT2D eigenvalue weighted by molar-refractivity contribution is 5.90. The van der Waals surface area contributed by atoms with Gasteiger partial charge in [-0.15, -0.1) is 5.10 Å². The normalized spacial score (nSPS) is 20.2. The van der Waals surface area contributed by atoms with E-state index in [9.17, 15) is 5.11 Å². The van der Waals surface area contributed by atoms with E-state index in [0.717, 1.165) is 42.5 Å². The molecular weight excluding hydrogens is 276 g/mol. The highest BCUT2D eigenvalue weighted by Gasteiger charge is 2.25. The van der Waals surface area contributed by atoms with Crippen LogP contribution in [0.25, 0.3) is 10.8 Å². The summed E-state index contributed by atoms with van der Waals surface area (Å²) in [6.07, 6.45) is 4.04. The number of hydrogen-bond donors (Lipinski definition) is 2. The van der Waals surface area contributed by atoms with Crippen LogP contribution in [0.1, 0.15) is 26.7 Å². The molecule has 0 spiro atoms. The van der Waals surface area contributed by atoms with Crippen LogP contribution in [0.2, 0.25) is 0 Å². The fraction of sp³-hybridized carbons (Fsp3) is 0.529. The SMILES string of the molecule is CC(C)(O)CN1CCCC(Nc2nncc3ccccc23)C1. The Hall–Kier alpha value is -1.72. The first-order valence-electron chi connectivity index (χ1n) is 7.93. The molecule has 1 atom stereocenters. The van der Waals surface area contributed by atoms with E-state index in [1.165, 1.54) is 0 Å². The zero-order chi connectivity index (χ0) is 15.6. The smallest absolute Gasteiger partial charge is 0.156 e. The molecule has 0 bridgehead atoms. The molecule has 1 aliphatic heterocycles. The molecule has 0 radical (unpaired) electrons. The number of likely N-dealkylation sites (tertiary alicyclic amines) is 1. The van der Waals surface area contributed by atoms with E-state index in [1.807, 2.05) is 26.0 Å². The molecule has 2 N–H and O–H groups in total. The van der Waals surface area contributed by atoms with Crippen molar-refractivity contribution in [1.29, 1.82) is 0 Å². The molecule has 5 heteroatoms. The van der Waals surface area contributed by atoms with Gasteiger partial charge in [-0.2, -0.15) is 5.10 Å². The number of aliphatic hydroxyl groups is 1. The third kappa shape index (κ3) is 3.72. The Morgan fingerprint density at radius 1 is 1.36 bits per heavy atom. The maximum absolute atomic E-state index is 10.0. The van der Waals surface area contributed by atoms with E-state index in [-0.39, 0.29) is 0 Å². The fourth-order valence-corrected chi connectivity index (χ4v) is 3.19. The minimum atomic E-state index is -0.652. The molecule has 0 aliphatic carbocycles. The third-order valence-electron chi connectivity index (χ3n) is 4.03. The average molecular weight is 300 g/mol. The van der Waals surface area contributed by atoms with Gasteiger partial charge in [0.05, 0.1) is 11.8 Å². The van der Waals surface area contributed by atoms with Gasteiger partial charge in [0, 0.05) is 29.9 Å². The summed E-state index contributed by atoms with van der Waals surface area (Å²) >= 11 is 0. The van der Waals surface area contributed by atoms with Gasteiger partial charge in [0.1, 0.15) is 0 Å². The number of hydrogen-bond acceptors (Lipinski definition) is 5. The summed E-state index contributed by atoms with van der Waals surface area (Å²) in [6.45, 7) is 6.39. The van der Waals surface area contributed by atoms with Crippen LogP contribution >= 0.6 is 0 Å². The maximum Gasteiger partial charge on any atom is 0.156 e. The van der Waals surface area contributed by atoms with Crippen molar-refractivity contribution < 1.29 is 5.11 Å². The molecule has 1 aromatic heterocycles. The summed E-state index contributed by atoms with van der Waals surface area (Å²) < 4.78 is 0. The lowest BCUT2D eigenvalue weighted by Gasteiger charge is -2.36. The predicted octanol–water partition coefficient (Wildman–Crippen LogP) is 2.28. The van der Waals surface area contributed by atoms with Crippen LogP contribution in [0.3, 0.4) is 0 Å². The van der Waals surface area contributed by atoms with Crippen LogP contribution in [0.15, 0.2) is 30.5 Å². The number of anilines is 1. The molecule has 118 valence electrons. The van der Waals surface area contributed by atoms with Gasteiger partial charge in [-0.3, -0.25) is 4.90 Å². The molecule has 0 amide bonds. The van der Waals surface area contributed by atoms with Crippen LogP contribution < -0.4 is 5.32 Å². The van der Waals surface area contributed by atoms with Crippen LogP contribution in [0, 0.1) is 0 Å². The zero-order valence-corrected chi connectivity index (χ0v) is 13.3. The molecule has 0 saturated carbocycles. The van der Waals surface area contributed by atoms with Crippen molar-refractivity contribution in [3.05, 3.63) is 30.5 Å². The summed E-state index contributed by atoms with van der Waals surface area (Å²) in [7, 11) is 0. The van der Waals surface area contributed by atoms with Crippen molar-refractivity contribution in [3.63, 3.8) is 0 Å². The molecule has 2 heterocycles. The molecule has 1 aliphatic rings. The van der Waals surface area contributed by atoms with E-state index < -0.39 is 5.60 Å². The minimum absolute atomic E-state index is 0.344. The topological polar surface area (TPSA) is 61.3 Å². The summed E-state index contributed by atoms with van der Waals surface area (Å²) in [5.41, 5.74) is -0.652. The van der Waals surface area contributed by atoms with Crippen molar-refractivity contribution in [2.45, 2.75) is 38.3 Å². The van der Waals surface area contributed by atoms with Gasteiger partial charge in [0.2, 0.25) is 0 Å². The summed E-state index contributed by atoms with van der Waals surface area (Å²) in [5.74, 6) is 0.855. The van der Waals surface area contributed by atoms with Crippen molar-refractivity contribution in [1.82, 2.24) is 15.1 Å². The lowest BCUT2D eigenvalue weighted by Crippen LogP contribution is -2.47. The van der Waals surface area contributed by atoms with E-state index >= 15 is 0 Å². The fourth-order valence-electron chi connectivity index (χ4n) is 3.19. The Kier molecular flexibility index (Phi) is 4.27. The predicted molar refractivity (Wildman–Crippen MR) is 88.9 cm³/mol. The van der Waals surface area contributed by atoms with Crippen molar-refractivity contribution >= 4 is 16.6 Å². The van der Waals surface area contributed by atoms with E-state index in [1.54, 1.807) is 6.20 Å². The third-order valence-corrected chi connectivity index (χ3v) is 4.03. The Labute approximate surface area is 131 Å². The minimum Gasteiger partial charge on any atom is -0.389 e. The standard InChI is InChI=1S/C17H24N4O/c1-17(2,22)12-21-9-5-7-14(11-21)19-16-15-8-4-3-6-13(15)10-18-20-16/h3-4,6,8,10,14,22H,5,7,9,11-12H2,1-2H3,(H,19,20). The van der Waals surface area contributed by atoms with Gasteiger partial charge in [-0.1, -0.05) is 24.3 Å². The Bertz CT molecular complexity index is 633. The molecule has 1 fully saturated rings. The molecule has 1 aromatic carbocycles. The highest BCUT2D eigenvalue weighted by atomic mass is 16.3. The lowest BCUT2D eigenvalue weighted by atomic mass is 10.0. The first kappa shape index (κ1) is 15.2. The number of rotatable bonds is 4. The molecule has 3 rings (SSSR count). The highest BCUT2D eigenvalue weighted by Crippen LogP contribution is 2.22. The van der Waals surface area contributed by atoms with Crippen LogP contribution in [0.5, 0.6) is 0 Å². The molecule has 2 aromatic rings. The largest absolute Gasteiger partial charge is 0.389 e. The molecular formula is C17H24N4O. The maximum atomic E-state index is 10.0. The van der Waals surface area contributed by atoms with Crippen LogP contribution in [-0.2, 0) is 0 Å². The average Bonchev–Trinajstić information content (AvgIpc) is 2.46. The summed E-state index contributed by atoms with van der Waals surface area (Å²) in [5, 5.41) is 24.1. The Balaban J connectivity index is 1.72. The number of nitrogens with zero attached hydrogens (tertiary/aromatic N) is 3. The number of nitrogens with one attached hydrogen (secondary N) is 1. The Morgan fingerprint density at radius 3 is 3.00 bits per heavy atom. The molecule has 22 heavy (non-hydrogen) atoms. The van der Waals surface area contributed by atoms with Crippen molar-refractivity contribution in [2.75, 3.05) is 25.0 Å². The second kappa shape index (κ2) is 6.18. The first-order valence-corrected chi connectivity index (χ1v) is 7.93. The van der Waals surface area contributed by atoms with E-state index in [0.29, 0.717) is 12.6 Å². The molecule has 1 saturated heterocycles.